The lowest BCUT2D eigenvalue weighted by Crippen LogP contribution is -2.18. The van der Waals surface area contributed by atoms with Gasteiger partial charge in [-0.2, -0.15) is 0 Å². The van der Waals surface area contributed by atoms with Crippen LogP contribution in [0.25, 0.3) is 0 Å². The molecule has 18 heavy (non-hydrogen) atoms. The topological polar surface area (TPSA) is 81.5 Å². The van der Waals surface area contributed by atoms with E-state index < -0.39 is 11.0 Å². The Morgan fingerprint density at radius 3 is 2.44 bits per heavy atom. The molecular formula is C12H16N2O4. The molecule has 0 atom stereocenters. The Morgan fingerprint density at radius 2 is 1.94 bits per heavy atom. The number of carbonyl (C=O) groups excluding carboxylic acids is 1. The van der Waals surface area contributed by atoms with Crippen molar-refractivity contribution in [1.82, 2.24) is 0 Å². The maximum atomic E-state index is 11.4. The summed E-state index contributed by atoms with van der Waals surface area (Å²) in [4.78, 5) is 21.7. The smallest absolute Gasteiger partial charge is 0.411 e. The average molecular weight is 252 g/mol. The Hall–Kier alpha value is -2.11. The van der Waals surface area contributed by atoms with Crippen LogP contribution in [0.2, 0.25) is 0 Å². The number of nitro groups is 1. The molecular weight excluding hydrogens is 236 g/mol. The number of carbonyl (C=O) groups is 1. The van der Waals surface area contributed by atoms with Crippen molar-refractivity contribution in [3.8, 4) is 0 Å². The summed E-state index contributed by atoms with van der Waals surface area (Å²) >= 11 is 0. The van der Waals surface area contributed by atoms with Gasteiger partial charge < -0.3 is 4.74 Å². The molecule has 0 saturated carbocycles. The lowest BCUT2D eigenvalue weighted by Gasteiger charge is -2.12. The van der Waals surface area contributed by atoms with Gasteiger partial charge in [0.25, 0.3) is 5.69 Å². The SMILES string of the molecule is Cc1cc([N+](=O)[O-])c(C)cc1NC(=O)OC(C)C. The number of nitrogens with one attached hydrogen (secondary N) is 1. The molecule has 0 radical (unpaired) electrons. The van der Waals surface area contributed by atoms with Gasteiger partial charge in [-0.3, -0.25) is 15.4 Å². The molecule has 0 spiro atoms. The van der Waals surface area contributed by atoms with Crippen molar-refractivity contribution in [3.05, 3.63) is 33.4 Å². The minimum atomic E-state index is -0.568. The van der Waals surface area contributed by atoms with Gasteiger partial charge in [0.1, 0.15) is 0 Å². The van der Waals surface area contributed by atoms with E-state index in [0.29, 0.717) is 16.8 Å². The number of hydrogen-bond donors (Lipinski definition) is 1. The van der Waals surface area contributed by atoms with Crippen molar-refractivity contribution in [3.63, 3.8) is 0 Å². The van der Waals surface area contributed by atoms with Crippen LogP contribution in [-0.2, 0) is 4.74 Å². The van der Waals surface area contributed by atoms with Gasteiger partial charge in [-0.1, -0.05) is 0 Å². The molecule has 0 aliphatic heterocycles. The number of nitro benzene ring substituents is 1. The zero-order valence-electron chi connectivity index (χ0n) is 10.8. The monoisotopic (exact) mass is 252 g/mol. The summed E-state index contributed by atoms with van der Waals surface area (Å²) in [7, 11) is 0. The average Bonchev–Trinajstić information content (AvgIpc) is 2.21. The van der Waals surface area contributed by atoms with Crippen molar-refractivity contribution in [2.75, 3.05) is 5.32 Å². The minimum absolute atomic E-state index is 0.0373. The van der Waals surface area contributed by atoms with E-state index in [2.05, 4.69) is 5.32 Å². The Labute approximate surface area is 105 Å². The van der Waals surface area contributed by atoms with Crippen LogP contribution in [0.3, 0.4) is 0 Å². The lowest BCUT2D eigenvalue weighted by atomic mass is 10.1. The van der Waals surface area contributed by atoms with Crippen LogP contribution in [-0.4, -0.2) is 17.1 Å². The quantitative estimate of drug-likeness (QED) is 0.661. The molecule has 98 valence electrons. The lowest BCUT2D eigenvalue weighted by molar-refractivity contribution is -0.385. The van der Waals surface area contributed by atoms with Crippen LogP contribution >= 0.6 is 0 Å². The maximum absolute atomic E-state index is 11.4. The van der Waals surface area contributed by atoms with Crippen LogP contribution in [0.1, 0.15) is 25.0 Å². The van der Waals surface area contributed by atoms with Crippen LogP contribution in [0.15, 0.2) is 12.1 Å². The molecule has 1 aromatic carbocycles. The first-order valence-corrected chi connectivity index (χ1v) is 5.54. The van der Waals surface area contributed by atoms with Crippen molar-refractivity contribution in [1.29, 1.82) is 0 Å². The fourth-order valence-corrected chi connectivity index (χ4v) is 1.49. The van der Waals surface area contributed by atoms with Crippen molar-refractivity contribution < 1.29 is 14.5 Å². The zero-order valence-corrected chi connectivity index (χ0v) is 10.8. The first kappa shape index (κ1) is 14.0. The minimum Gasteiger partial charge on any atom is -0.447 e. The van der Waals surface area contributed by atoms with Crippen molar-refractivity contribution >= 4 is 17.5 Å². The molecule has 0 heterocycles. The van der Waals surface area contributed by atoms with E-state index in [-0.39, 0.29) is 11.8 Å². The molecule has 1 aromatic rings. The van der Waals surface area contributed by atoms with E-state index in [1.165, 1.54) is 6.07 Å². The molecule has 0 fully saturated rings. The summed E-state index contributed by atoms with van der Waals surface area (Å²) in [5.74, 6) is 0. The van der Waals surface area contributed by atoms with E-state index in [4.69, 9.17) is 4.74 Å². The maximum Gasteiger partial charge on any atom is 0.411 e. The summed E-state index contributed by atoms with van der Waals surface area (Å²) in [5, 5.41) is 13.3. The van der Waals surface area contributed by atoms with E-state index in [9.17, 15) is 14.9 Å². The molecule has 1 rings (SSSR count). The predicted molar refractivity (Wildman–Crippen MR) is 67.8 cm³/mol. The second-order valence-electron chi connectivity index (χ2n) is 4.29. The molecule has 0 aliphatic rings. The van der Waals surface area contributed by atoms with Crippen molar-refractivity contribution in [2.24, 2.45) is 0 Å². The van der Waals surface area contributed by atoms with Crippen LogP contribution in [0, 0.1) is 24.0 Å². The Balaban J connectivity index is 2.95. The van der Waals surface area contributed by atoms with Gasteiger partial charge in [-0.15, -0.1) is 0 Å². The van der Waals surface area contributed by atoms with Crippen molar-refractivity contribution in [2.45, 2.75) is 33.8 Å². The number of anilines is 1. The summed E-state index contributed by atoms with van der Waals surface area (Å²) < 4.78 is 4.94. The third-order valence-corrected chi connectivity index (χ3v) is 2.32. The number of nitrogens with zero attached hydrogens (tertiary/aromatic N) is 1. The molecule has 0 bridgehead atoms. The second kappa shape index (κ2) is 5.48. The third kappa shape index (κ3) is 3.44. The highest BCUT2D eigenvalue weighted by molar-refractivity contribution is 5.86. The Kier molecular flexibility index (Phi) is 4.25. The molecule has 0 saturated heterocycles. The molecule has 6 heteroatoms. The standard InChI is InChI=1S/C12H16N2O4/c1-7(2)18-12(15)13-10-5-9(4)11(14(16)17)6-8(10)3/h5-7H,1-4H3,(H,13,15). The van der Waals surface area contributed by atoms with E-state index in [0.717, 1.165) is 0 Å². The molecule has 6 nitrogen and oxygen atoms in total. The predicted octanol–water partition coefficient (Wildman–Crippen LogP) is 3.17. The van der Waals surface area contributed by atoms with Crippen LogP contribution in [0.4, 0.5) is 16.2 Å². The summed E-state index contributed by atoms with van der Waals surface area (Å²) in [6.07, 6.45) is -0.786. The number of benzene rings is 1. The summed E-state index contributed by atoms with van der Waals surface area (Å²) in [6, 6.07) is 3.00. The van der Waals surface area contributed by atoms with Gasteiger partial charge in [-0.05, 0) is 39.3 Å². The van der Waals surface area contributed by atoms with Gasteiger partial charge in [-0.25, -0.2) is 4.79 Å². The van der Waals surface area contributed by atoms with E-state index >= 15 is 0 Å². The van der Waals surface area contributed by atoms with Gasteiger partial charge in [0, 0.05) is 17.3 Å². The number of rotatable bonds is 3. The fourth-order valence-electron chi connectivity index (χ4n) is 1.49. The van der Waals surface area contributed by atoms with Crippen LogP contribution in [0.5, 0.6) is 0 Å². The molecule has 0 aliphatic carbocycles. The largest absolute Gasteiger partial charge is 0.447 e. The highest BCUT2D eigenvalue weighted by atomic mass is 16.6. The van der Waals surface area contributed by atoms with Gasteiger partial charge in [0.05, 0.1) is 11.0 Å². The number of ether oxygens (including phenoxy) is 1. The summed E-state index contributed by atoms with van der Waals surface area (Å²) in [6.45, 7) is 6.80. The molecule has 0 unspecified atom stereocenters. The highest BCUT2D eigenvalue weighted by Gasteiger charge is 2.15. The number of aryl methyl sites for hydroxylation is 2. The number of hydrogen-bond acceptors (Lipinski definition) is 4. The second-order valence-corrected chi connectivity index (χ2v) is 4.29. The normalized spacial score (nSPS) is 10.3. The van der Waals surface area contributed by atoms with Gasteiger partial charge in [0.15, 0.2) is 0 Å². The molecule has 0 aromatic heterocycles. The summed E-state index contributed by atoms with van der Waals surface area (Å²) in [5.41, 5.74) is 1.66. The van der Waals surface area contributed by atoms with Gasteiger partial charge >= 0.3 is 6.09 Å². The Morgan fingerprint density at radius 1 is 1.33 bits per heavy atom. The fraction of sp³-hybridized carbons (Fsp3) is 0.417. The van der Waals surface area contributed by atoms with Gasteiger partial charge in [0.2, 0.25) is 0 Å². The van der Waals surface area contributed by atoms with Crippen LogP contribution < -0.4 is 5.32 Å². The zero-order chi connectivity index (χ0) is 13.9. The van der Waals surface area contributed by atoms with E-state index in [1.807, 2.05) is 0 Å². The van der Waals surface area contributed by atoms with E-state index in [1.54, 1.807) is 33.8 Å². The first-order valence-electron chi connectivity index (χ1n) is 5.54. The number of amides is 1. The highest BCUT2D eigenvalue weighted by Crippen LogP contribution is 2.26. The molecule has 1 amide bonds. The third-order valence-electron chi connectivity index (χ3n) is 2.32. The molecule has 1 N–H and O–H groups in total. The first-order chi connectivity index (χ1) is 8.31. The Bertz CT molecular complexity index is 483.